The van der Waals surface area contributed by atoms with E-state index in [1.54, 1.807) is 43.1 Å². The predicted octanol–water partition coefficient (Wildman–Crippen LogP) is 4.13. The van der Waals surface area contributed by atoms with E-state index in [1.165, 1.54) is 29.2 Å². The minimum absolute atomic E-state index is 0.0563. The molecule has 0 spiro atoms. The van der Waals surface area contributed by atoms with Gasteiger partial charge in [-0.2, -0.15) is 0 Å². The third-order valence-electron chi connectivity index (χ3n) is 7.75. The fourth-order valence-corrected chi connectivity index (χ4v) is 5.20. The minimum atomic E-state index is -1.10. The quantitative estimate of drug-likeness (QED) is 0.311. The molecule has 0 saturated heterocycles. The Labute approximate surface area is 243 Å². The molecule has 9 heteroatoms. The van der Waals surface area contributed by atoms with Crippen LogP contribution in [0, 0.1) is 6.92 Å². The Hall–Kier alpha value is -5.02. The lowest BCUT2D eigenvalue weighted by atomic mass is 9.99. The van der Waals surface area contributed by atoms with E-state index in [-0.39, 0.29) is 36.0 Å². The summed E-state index contributed by atoms with van der Waals surface area (Å²) in [7, 11) is 1.65. The largest absolute Gasteiger partial charge is 0.478 e. The highest BCUT2D eigenvalue weighted by molar-refractivity contribution is 6.13. The van der Waals surface area contributed by atoms with Crippen LogP contribution in [0.1, 0.15) is 38.8 Å². The number of carboxylic acid groups (broad SMARTS) is 1. The number of carbonyl (C=O) groups is 4. The number of hydrogen-bond acceptors (Lipinski definition) is 5. The van der Waals surface area contributed by atoms with E-state index in [9.17, 15) is 24.3 Å². The van der Waals surface area contributed by atoms with Crippen LogP contribution in [0.15, 0.2) is 84.9 Å². The van der Waals surface area contributed by atoms with E-state index in [2.05, 4.69) is 10.6 Å². The van der Waals surface area contributed by atoms with Gasteiger partial charge in [-0.15, -0.1) is 0 Å². The average Bonchev–Trinajstić information content (AvgIpc) is 3.12. The summed E-state index contributed by atoms with van der Waals surface area (Å²) in [6.45, 7) is 3.81. The molecule has 1 aliphatic heterocycles. The molecule has 214 valence electrons. The summed E-state index contributed by atoms with van der Waals surface area (Å²) < 4.78 is 0. The van der Waals surface area contributed by atoms with Crippen LogP contribution in [0.5, 0.6) is 0 Å². The topological polar surface area (TPSA) is 119 Å². The second kappa shape index (κ2) is 11.8. The Morgan fingerprint density at radius 1 is 0.905 bits per heavy atom. The number of aromatic carboxylic acids is 1. The number of hydrogen-bond donors (Lipinski definition) is 3. The Balaban J connectivity index is 1.62. The summed E-state index contributed by atoms with van der Waals surface area (Å²) in [6, 6.07) is 23.2. The fraction of sp³-hybridized carbons (Fsp3) is 0.212. The zero-order valence-electron chi connectivity index (χ0n) is 23.6. The van der Waals surface area contributed by atoms with E-state index in [4.69, 9.17) is 0 Å². The van der Waals surface area contributed by atoms with Crippen molar-refractivity contribution < 1.29 is 24.3 Å². The first-order valence-electron chi connectivity index (χ1n) is 13.7. The molecular weight excluding hydrogens is 532 g/mol. The van der Waals surface area contributed by atoms with Gasteiger partial charge in [0.2, 0.25) is 5.91 Å². The maximum absolute atomic E-state index is 14.3. The summed E-state index contributed by atoms with van der Waals surface area (Å²) in [5, 5.41) is 17.1. The Morgan fingerprint density at radius 3 is 2.24 bits per heavy atom. The van der Waals surface area contributed by atoms with Crippen molar-refractivity contribution in [3.05, 3.63) is 107 Å². The number of likely N-dealkylation sites (N-methyl/N-ethyl adjacent to an activating group) is 1. The summed E-state index contributed by atoms with van der Waals surface area (Å²) >= 11 is 0. The highest BCUT2D eigenvalue weighted by Crippen LogP contribution is 2.36. The van der Waals surface area contributed by atoms with Gasteiger partial charge in [0.15, 0.2) is 0 Å². The van der Waals surface area contributed by atoms with E-state index in [1.807, 2.05) is 43.3 Å². The van der Waals surface area contributed by atoms with Gasteiger partial charge in [0.1, 0.15) is 6.04 Å². The van der Waals surface area contributed by atoms with Crippen molar-refractivity contribution in [3.63, 3.8) is 0 Å². The maximum atomic E-state index is 14.3. The summed E-state index contributed by atoms with van der Waals surface area (Å²) in [5.41, 5.74) is 3.33. The van der Waals surface area contributed by atoms with Crippen molar-refractivity contribution in [3.8, 4) is 0 Å². The van der Waals surface area contributed by atoms with Crippen LogP contribution in [0.4, 0.5) is 11.4 Å². The van der Waals surface area contributed by atoms with E-state index in [0.29, 0.717) is 11.4 Å². The Kier molecular flexibility index (Phi) is 8.04. The van der Waals surface area contributed by atoms with Crippen molar-refractivity contribution in [2.24, 2.45) is 0 Å². The molecular formula is C33H32N4O5. The van der Waals surface area contributed by atoms with Gasteiger partial charge >= 0.3 is 5.97 Å². The van der Waals surface area contributed by atoms with Crippen LogP contribution in [0.2, 0.25) is 0 Å². The number of nitrogens with zero attached hydrogens (tertiary/aromatic N) is 2. The molecule has 0 aromatic heterocycles. The lowest BCUT2D eigenvalue weighted by Crippen LogP contribution is -2.55. The van der Waals surface area contributed by atoms with Crippen molar-refractivity contribution in [2.75, 3.05) is 23.4 Å². The van der Waals surface area contributed by atoms with Gasteiger partial charge in [0.05, 0.1) is 36.1 Å². The predicted molar refractivity (Wildman–Crippen MR) is 162 cm³/mol. The third kappa shape index (κ3) is 5.46. The van der Waals surface area contributed by atoms with E-state index >= 15 is 0 Å². The smallest absolute Gasteiger partial charge is 0.335 e. The molecule has 5 rings (SSSR count). The highest BCUT2D eigenvalue weighted by Gasteiger charge is 2.38. The second-order valence-electron chi connectivity index (χ2n) is 10.4. The second-order valence-corrected chi connectivity index (χ2v) is 10.4. The lowest BCUT2D eigenvalue weighted by Gasteiger charge is -2.27. The van der Waals surface area contributed by atoms with E-state index < -0.39 is 24.0 Å². The van der Waals surface area contributed by atoms with Crippen LogP contribution in [-0.2, 0) is 16.1 Å². The molecule has 0 bridgehead atoms. The molecule has 42 heavy (non-hydrogen) atoms. The molecule has 4 aromatic carbocycles. The summed E-state index contributed by atoms with van der Waals surface area (Å²) in [4.78, 5) is 55.8. The zero-order valence-corrected chi connectivity index (χ0v) is 23.6. The molecule has 3 N–H and O–H groups in total. The van der Waals surface area contributed by atoms with Gasteiger partial charge in [-0.25, -0.2) is 4.79 Å². The SMILES string of the molecule is CNC(C)C(=O)NC1CN(C(=O)c2ccc(C(=O)O)cc2)c2ccccc2N(Cc2c(C)ccc3ccccc23)C1=O. The van der Waals surface area contributed by atoms with Gasteiger partial charge in [0.25, 0.3) is 11.8 Å². The molecule has 0 radical (unpaired) electrons. The van der Waals surface area contributed by atoms with Crippen LogP contribution < -0.4 is 20.4 Å². The molecule has 1 heterocycles. The number of fused-ring (bicyclic) bond motifs is 2. The monoisotopic (exact) mass is 564 g/mol. The molecule has 0 fully saturated rings. The Morgan fingerprint density at radius 2 is 1.55 bits per heavy atom. The first-order chi connectivity index (χ1) is 20.2. The van der Waals surface area contributed by atoms with Crippen LogP contribution in [0.3, 0.4) is 0 Å². The van der Waals surface area contributed by atoms with Crippen LogP contribution in [-0.4, -0.2) is 54.5 Å². The van der Waals surface area contributed by atoms with Crippen molar-refractivity contribution in [1.82, 2.24) is 10.6 Å². The van der Waals surface area contributed by atoms with Crippen LogP contribution >= 0.6 is 0 Å². The molecule has 9 nitrogen and oxygen atoms in total. The number of anilines is 2. The number of carbonyl (C=O) groups excluding carboxylic acids is 3. The summed E-state index contributed by atoms with van der Waals surface area (Å²) in [6.07, 6.45) is 0. The molecule has 2 atom stereocenters. The van der Waals surface area contributed by atoms with Gasteiger partial charge in [-0.1, -0.05) is 48.5 Å². The summed E-state index contributed by atoms with van der Waals surface area (Å²) in [5.74, 6) is -2.24. The van der Waals surface area contributed by atoms with Gasteiger partial charge in [-0.3, -0.25) is 14.4 Å². The number of benzene rings is 4. The molecule has 2 unspecified atom stereocenters. The number of para-hydroxylation sites is 2. The molecule has 1 aliphatic rings. The van der Waals surface area contributed by atoms with Crippen molar-refractivity contribution in [2.45, 2.75) is 32.5 Å². The number of nitrogens with one attached hydrogen (secondary N) is 2. The molecule has 0 aliphatic carbocycles. The molecule has 4 aromatic rings. The zero-order chi connectivity index (χ0) is 30.0. The number of amides is 3. The first kappa shape index (κ1) is 28.5. The average molecular weight is 565 g/mol. The molecule has 3 amide bonds. The normalized spacial score (nSPS) is 15.6. The van der Waals surface area contributed by atoms with E-state index in [0.717, 1.165) is 21.9 Å². The highest BCUT2D eigenvalue weighted by atomic mass is 16.4. The Bertz CT molecular complexity index is 1680. The number of carboxylic acids is 1. The number of aryl methyl sites for hydroxylation is 1. The van der Waals surface area contributed by atoms with Crippen LogP contribution in [0.25, 0.3) is 10.8 Å². The van der Waals surface area contributed by atoms with Gasteiger partial charge in [0, 0.05) is 5.56 Å². The standard InChI is InChI=1S/C33H32N4O5/c1-20-12-13-22-8-4-5-9-25(22)26(20)18-36-28-10-6-7-11-29(28)37(19-27(32(36)40)35-30(38)21(2)34-3)31(39)23-14-16-24(17-15-23)33(41)42/h4-17,21,27,34H,18-19H2,1-3H3,(H,35,38)(H,41,42). The van der Waals surface area contributed by atoms with Crippen molar-refractivity contribution in [1.29, 1.82) is 0 Å². The maximum Gasteiger partial charge on any atom is 0.335 e. The number of rotatable bonds is 7. The first-order valence-corrected chi connectivity index (χ1v) is 13.7. The molecule has 0 saturated carbocycles. The fourth-order valence-electron chi connectivity index (χ4n) is 5.20. The lowest BCUT2D eigenvalue weighted by molar-refractivity contribution is -0.128. The third-order valence-corrected chi connectivity index (χ3v) is 7.75. The van der Waals surface area contributed by atoms with Crippen molar-refractivity contribution >= 4 is 45.8 Å². The van der Waals surface area contributed by atoms with Gasteiger partial charge < -0.3 is 25.5 Å². The van der Waals surface area contributed by atoms with Gasteiger partial charge in [-0.05, 0) is 79.2 Å². The minimum Gasteiger partial charge on any atom is -0.478 e.